The summed E-state index contributed by atoms with van der Waals surface area (Å²) in [5, 5.41) is 36.6. The minimum Gasteiger partial charge on any atom is -0.872 e. The van der Waals surface area contributed by atoms with Gasteiger partial charge in [-0.15, -0.1) is 0 Å². The zero-order valence-corrected chi connectivity index (χ0v) is 26.9. The van der Waals surface area contributed by atoms with E-state index in [1.165, 1.54) is 0 Å². The van der Waals surface area contributed by atoms with Crippen molar-refractivity contribution in [3.8, 4) is 0 Å². The van der Waals surface area contributed by atoms with Gasteiger partial charge in [0.15, 0.2) is 0 Å². The molecule has 0 aromatic rings. The molecule has 0 rings (SSSR count). The van der Waals surface area contributed by atoms with Crippen LogP contribution in [0.1, 0.15) is 0 Å². The molecule has 0 aliphatic heterocycles. The van der Waals surface area contributed by atoms with Crippen LogP contribution in [0.25, 0.3) is 0 Å². The third-order valence-electron chi connectivity index (χ3n) is 0.222. The Kier molecular flexibility index (Phi) is 62.7. The van der Waals surface area contributed by atoms with E-state index >= 15 is 0 Å². The molecule has 40 valence electrons. The van der Waals surface area contributed by atoms with E-state index in [1.807, 2.05) is 0 Å². The van der Waals surface area contributed by atoms with Gasteiger partial charge in [0.1, 0.15) is 0 Å². The van der Waals surface area contributed by atoms with Crippen molar-refractivity contribution in [2.75, 3.05) is 0 Å². The van der Waals surface area contributed by atoms with Gasteiger partial charge in [-0.25, -0.2) is 0 Å². The average Bonchev–Trinajstić information content (AvgIpc) is 1.27. The van der Waals surface area contributed by atoms with Crippen molar-refractivity contribution in [2.45, 2.75) is 0 Å². The number of hydrogen-bond acceptors (Lipinski definition) is 5. The summed E-state index contributed by atoms with van der Waals surface area (Å²) in [6.07, 6.45) is 0. The van der Waals surface area contributed by atoms with Gasteiger partial charge >= 0.3 is 233 Å². The Balaban J connectivity index is -0.0000000300. The summed E-state index contributed by atoms with van der Waals surface area (Å²) in [4.78, 5) is 0. The molecular weight excluding hydrogens is 443 g/mol. The van der Waals surface area contributed by atoms with Gasteiger partial charge in [0.25, 0.3) is 0 Å². The molecule has 11 heavy (non-hydrogen) atoms. The van der Waals surface area contributed by atoms with Gasteiger partial charge in [0.05, 0.1) is 0 Å². The van der Waals surface area contributed by atoms with Crippen LogP contribution in [0.4, 0.5) is 0 Å². The predicted molar refractivity (Wildman–Crippen MR) is 12.6 cm³/mol. The van der Waals surface area contributed by atoms with Crippen LogP contribution in [-0.2, 0) is 4.57 Å². The summed E-state index contributed by atoms with van der Waals surface area (Å²) in [7, 11) is -5.50. The van der Waals surface area contributed by atoms with E-state index in [9.17, 15) is 0 Å². The Bertz CT molecular complexity index is 45.7. The molecule has 0 aliphatic carbocycles. The molecule has 0 unspecified atom stereocenters. The third kappa shape index (κ3) is 31.7. The van der Waals surface area contributed by atoms with Crippen molar-refractivity contribution in [3.05, 3.63) is 0 Å². The van der Waals surface area contributed by atoms with Crippen LogP contribution in [0.15, 0.2) is 0 Å². The first-order chi connectivity index (χ1) is 3.13. The minimum absolute atomic E-state index is 0. The van der Waals surface area contributed by atoms with Gasteiger partial charge < -0.3 is 24.7 Å². The van der Waals surface area contributed by atoms with E-state index in [1.54, 1.807) is 0 Å². The standard InChI is InChI=1S/B2O5.4Rb/c3-1(4)7-2(5)6;;;;/q-4;4*+1. The molecule has 0 spiro atoms. The summed E-state index contributed by atoms with van der Waals surface area (Å²) < 4.78 is 3.03. The summed E-state index contributed by atoms with van der Waals surface area (Å²) in [6.45, 7) is 0. The van der Waals surface area contributed by atoms with Gasteiger partial charge in [0, 0.05) is 14.6 Å². The molecule has 0 fully saturated rings. The molecule has 5 nitrogen and oxygen atoms in total. The SMILES string of the molecule is [O-]B([O-])OB([O-])[O-].[Rb+].[Rb+].[Rb+].[Rb+]. The molecule has 0 atom stereocenters. The molecule has 11 heteroatoms. The van der Waals surface area contributed by atoms with E-state index in [2.05, 4.69) is 4.57 Å². The van der Waals surface area contributed by atoms with Crippen molar-refractivity contribution in [1.82, 2.24) is 0 Å². The van der Waals surface area contributed by atoms with Crippen LogP contribution in [-0.4, -0.2) is 14.6 Å². The van der Waals surface area contributed by atoms with Crippen LogP contribution in [0, 0.1) is 0 Å². The second-order valence-corrected chi connectivity index (χ2v) is 0.713. The van der Waals surface area contributed by atoms with E-state index < -0.39 is 14.6 Å². The van der Waals surface area contributed by atoms with E-state index in [0.717, 1.165) is 0 Å². The summed E-state index contributed by atoms with van der Waals surface area (Å²) >= 11 is 0. The second kappa shape index (κ2) is 22.3. The predicted octanol–water partition coefficient (Wildman–Crippen LogP) is -17.6. The molecule has 0 amide bonds. The van der Waals surface area contributed by atoms with Gasteiger partial charge in [-0.2, -0.15) is 0 Å². The fourth-order valence-corrected chi connectivity index (χ4v) is 0.0907. The van der Waals surface area contributed by atoms with E-state index in [0.29, 0.717) is 0 Å². The van der Waals surface area contributed by atoms with Gasteiger partial charge in [-0.1, -0.05) is 0 Å². The maximum atomic E-state index is 9.16. The first-order valence-corrected chi connectivity index (χ1v) is 1.41. The molecule has 0 aromatic carbocycles. The smallest absolute Gasteiger partial charge is 0.872 e. The van der Waals surface area contributed by atoms with Crippen LogP contribution in [0.5, 0.6) is 0 Å². The molecule has 0 radical (unpaired) electrons. The molecule has 0 N–H and O–H groups in total. The van der Waals surface area contributed by atoms with Gasteiger partial charge in [0.2, 0.25) is 0 Å². The zero-order chi connectivity index (χ0) is 5.86. The Labute approximate surface area is 262 Å². The third-order valence-corrected chi connectivity index (χ3v) is 0.222. The van der Waals surface area contributed by atoms with Gasteiger partial charge in [-0.3, -0.25) is 0 Å². The van der Waals surface area contributed by atoms with E-state index in [-0.39, 0.29) is 233 Å². The normalized spacial score (nSPS) is 5.45. The van der Waals surface area contributed by atoms with Gasteiger partial charge in [-0.05, 0) is 0 Å². The fourth-order valence-electron chi connectivity index (χ4n) is 0.0907. The summed E-state index contributed by atoms with van der Waals surface area (Å²) in [5.41, 5.74) is 0. The summed E-state index contributed by atoms with van der Waals surface area (Å²) in [5.74, 6) is 0. The van der Waals surface area contributed by atoms with Crippen LogP contribution < -0.4 is 253 Å². The number of hydrogen-bond donors (Lipinski definition) is 0. The Morgan fingerprint density at radius 2 is 0.818 bits per heavy atom. The molecule has 0 heterocycles. The van der Waals surface area contributed by atoms with Crippen molar-refractivity contribution < 1.29 is 257 Å². The maximum absolute atomic E-state index is 9.16. The minimum atomic E-state index is -2.75. The average molecular weight is 443 g/mol. The summed E-state index contributed by atoms with van der Waals surface area (Å²) in [6, 6.07) is 0. The molecule has 0 saturated heterocycles. The van der Waals surface area contributed by atoms with Crippen LogP contribution in [0.2, 0.25) is 0 Å². The molecule has 0 saturated carbocycles. The molecule has 0 aliphatic rings. The van der Waals surface area contributed by atoms with Crippen molar-refractivity contribution in [2.24, 2.45) is 0 Å². The monoisotopic (exact) mass is 442 g/mol. The first kappa shape index (κ1) is 30.9. The molecule has 0 bridgehead atoms. The number of rotatable bonds is 2. The first-order valence-electron chi connectivity index (χ1n) is 1.41. The topological polar surface area (TPSA) is 101 Å². The maximum Gasteiger partial charge on any atom is 1.00 e. The van der Waals surface area contributed by atoms with Crippen molar-refractivity contribution in [3.63, 3.8) is 0 Å². The largest absolute Gasteiger partial charge is 1.00 e. The second-order valence-electron chi connectivity index (χ2n) is 0.713. The molecular formula is B2O5Rb4. The van der Waals surface area contributed by atoms with Crippen molar-refractivity contribution in [1.29, 1.82) is 0 Å². The quantitative estimate of drug-likeness (QED) is 0.395. The fraction of sp³-hybridized carbons (Fsp3) is 0. The zero-order valence-electron chi connectivity index (χ0n) is 7.20. The Morgan fingerprint density at radius 3 is 0.818 bits per heavy atom. The van der Waals surface area contributed by atoms with E-state index in [4.69, 9.17) is 20.1 Å². The van der Waals surface area contributed by atoms with Crippen molar-refractivity contribution >= 4 is 14.6 Å². The van der Waals surface area contributed by atoms with Crippen LogP contribution >= 0.6 is 0 Å². The van der Waals surface area contributed by atoms with Crippen LogP contribution in [0.3, 0.4) is 0 Å². The Hall–Kier alpha value is 7.15. The Morgan fingerprint density at radius 1 is 0.636 bits per heavy atom. The molecule has 0 aromatic heterocycles.